The SMILES string of the molecule is OCC1CCn2cc(-c3cccc(O)c3)nc2C1. The Bertz CT molecular complexity index is 563. The molecule has 3 rings (SSSR count). The van der Waals surface area contributed by atoms with E-state index in [4.69, 9.17) is 0 Å². The summed E-state index contributed by atoms with van der Waals surface area (Å²) in [6, 6.07) is 7.14. The van der Waals surface area contributed by atoms with Crippen molar-refractivity contribution < 1.29 is 10.2 Å². The molecule has 2 N–H and O–H groups in total. The Balaban J connectivity index is 1.94. The molecular weight excluding hydrogens is 228 g/mol. The van der Waals surface area contributed by atoms with Crippen LogP contribution in [0.25, 0.3) is 11.3 Å². The van der Waals surface area contributed by atoms with Crippen LogP contribution in [-0.4, -0.2) is 26.4 Å². The van der Waals surface area contributed by atoms with E-state index in [2.05, 4.69) is 9.55 Å². The fraction of sp³-hybridized carbons (Fsp3) is 0.357. The molecule has 4 heteroatoms. The number of rotatable bonds is 2. The maximum Gasteiger partial charge on any atom is 0.116 e. The molecule has 0 radical (unpaired) electrons. The summed E-state index contributed by atoms with van der Waals surface area (Å²) >= 11 is 0. The minimum Gasteiger partial charge on any atom is -0.508 e. The second-order valence-electron chi connectivity index (χ2n) is 4.83. The molecule has 1 aromatic heterocycles. The molecule has 0 spiro atoms. The molecule has 0 aliphatic carbocycles. The number of phenolic OH excluding ortho intramolecular Hbond substituents is 1. The van der Waals surface area contributed by atoms with Crippen molar-refractivity contribution in [1.82, 2.24) is 9.55 Å². The van der Waals surface area contributed by atoms with Crippen molar-refractivity contribution in [2.24, 2.45) is 5.92 Å². The summed E-state index contributed by atoms with van der Waals surface area (Å²) in [4.78, 5) is 4.60. The first kappa shape index (κ1) is 11.3. The number of aliphatic hydroxyl groups is 1. The van der Waals surface area contributed by atoms with Crippen molar-refractivity contribution in [1.29, 1.82) is 0 Å². The summed E-state index contributed by atoms with van der Waals surface area (Å²) in [7, 11) is 0. The lowest BCUT2D eigenvalue weighted by Gasteiger charge is -2.20. The molecule has 1 aromatic carbocycles. The van der Waals surface area contributed by atoms with E-state index >= 15 is 0 Å². The summed E-state index contributed by atoms with van der Waals surface area (Å²) in [6.45, 7) is 1.14. The average Bonchev–Trinajstić information content (AvgIpc) is 2.81. The van der Waals surface area contributed by atoms with Gasteiger partial charge in [0.2, 0.25) is 0 Å². The van der Waals surface area contributed by atoms with Crippen LogP contribution < -0.4 is 0 Å². The number of hydrogen-bond donors (Lipinski definition) is 2. The predicted molar refractivity (Wildman–Crippen MR) is 68.2 cm³/mol. The summed E-state index contributed by atoms with van der Waals surface area (Å²) < 4.78 is 2.14. The number of aromatic nitrogens is 2. The van der Waals surface area contributed by atoms with E-state index in [1.54, 1.807) is 12.1 Å². The van der Waals surface area contributed by atoms with Gasteiger partial charge in [-0.2, -0.15) is 0 Å². The number of benzene rings is 1. The molecule has 1 aliphatic rings. The van der Waals surface area contributed by atoms with Gasteiger partial charge < -0.3 is 14.8 Å². The van der Waals surface area contributed by atoms with E-state index < -0.39 is 0 Å². The van der Waals surface area contributed by atoms with Crippen LogP contribution in [0.4, 0.5) is 0 Å². The van der Waals surface area contributed by atoms with Gasteiger partial charge in [0, 0.05) is 31.3 Å². The van der Waals surface area contributed by atoms with Crippen LogP contribution >= 0.6 is 0 Å². The second kappa shape index (κ2) is 4.46. The molecule has 2 heterocycles. The van der Waals surface area contributed by atoms with Gasteiger partial charge in [0.1, 0.15) is 11.6 Å². The number of imidazole rings is 1. The highest BCUT2D eigenvalue weighted by molar-refractivity contribution is 5.60. The van der Waals surface area contributed by atoms with Crippen LogP contribution in [0.15, 0.2) is 30.5 Å². The Kier molecular flexibility index (Phi) is 2.80. The molecule has 0 amide bonds. The van der Waals surface area contributed by atoms with Crippen molar-refractivity contribution >= 4 is 0 Å². The number of nitrogens with zero attached hydrogens (tertiary/aromatic N) is 2. The van der Waals surface area contributed by atoms with Crippen molar-refractivity contribution in [3.63, 3.8) is 0 Å². The predicted octanol–water partition coefficient (Wildman–Crippen LogP) is 1.81. The van der Waals surface area contributed by atoms with Gasteiger partial charge in [-0.15, -0.1) is 0 Å². The molecule has 4 nitrogen and oxygen atoms in total. The maximum atomic E-state index is 9.49. The zero-order valence-electron chi connectivity index (χ0n) is 10.1. The lowest BCUT2D eigenvalue weighted by atomic mass is 9.99. The molecular formula is C14H16N2O2. The lowest BCUT2D eigenvalue weighted by molar-refractivity contribution is 0.199. The van der Waals surface area contributed by atoms with Gasteiger partial charge in [-0.25, -0.2) is 4.98 Å². The number of aromatic hydroxyl groups is 1. The van der Waals surface area contributed by atoms with Gasteiger partial charge >= 0.3 is 0 Å². The fourth-order valence-corrected chi connectivity index (χ4v) is 2.45. The van der Waals surface area contributed by atoms with Crippen LogP contribution in [-0.2, 0) is 13.0 Å². The monoisotopic (exact) mass is 244 g/mol. The van der Waals surface area contributed by atoms with Gasteiger partial charge in [-0.3, -0.25) is 0 Å². The molecule has 18 heavy (non-hydrogen) atoms. The first-order valence-corrected chi connectivity index (χ1v) is 6.22. The number of fused-ring (bicyclic) bond motifs is 1. The molecule has 1 unspecified atom stereocenters. The molecule has 2 aromatic rings. The van der Waals surface area contributed by atoms with E-state index in [9.17, 15) is 10.2 Å². The van der Waals surface area contributed by atoms with Gasteiger partial charge in [0.05, 0.1) is 5.69 Å². The Hall–Kier alpha value is -1.81. The van der Waals surface area contributed by atoms with Crippen LogP contribution in [0, 0.1) is 5.92 Å². The van der Waals surface area contributed by atoms with Crippen LogP contribution in [0.5, 0.6) is 5.75 Å². The largest absolute Gasteiger partial charge is 0.508 e. The minimum absolute atomic E-state index is 0.230. The first-order valence-electron chi connectivity index (χ1n) is 6.22. The third kappa shape index (κ3) is 1.99. The topological polar surface area (TPSA) is 58.3 Å². The van der Waals surface area contributed by atoms with Gasteiger partial charge in [0.25, 0.3) is 0 Å². The normalized spacial score (nSPS) is 18.6. The van der Waals surface area contributed by atoms with Crippen molar-refractivity contribution in [3.05, 3.63) is 36.3 Å². The number of aliphatic hydroxyl groups excluding tert-OH is 1. The number of phenols is 1. The van der Waals surface area contributed by atoms with Crippen LogP contribution in [0.1, 0.15) is 12.2 Å². The van der Waals surface area contributed by atoms with E-state index in [0.717, 1.165) is 36.5 Å². The number of hydrogen-bond acceptors (Lipinski definition) is 3. The Morgan fingerprint density at radius 1 is 1.39 bits per heavy atom. The maximum absolute atomic E-state index is 9.49. The second-order valence-corrected chi connectivity index (χ2v) is 4.83. The smallest absolute Gasteiger partial charge is 0.116 e. The minimum atomic E-state index is 0.230. The molecule has 1 aliphatic heterocycles. The quantitative estimate of drug-likeness (QED) is 0.847. The third-order valence-corrected chi connectivity index (χ3v) is 3.51. The average molecular weight is 244 g/mol. The summed E-state index contributed by atoms with van der Waals surface area (Å²) in [5.41, 5.74) is 1.82. The molecule has 0 saturated carbocycles. The summed E-state index contributed by atoms with van der Waals surface area (Å²) in [6.07, 6.45) is 3.85. The first-order chi connectivity index (χ1) is 8.76. The van der Waals surface area contributed by atoms with Crippen molar-refractivity contribution in [2.45, 2.75) is 19.4 Å². The summed E-state index contributed by atoms with van der Waals surface area (Å²) in [5.74, 6) is 1.61. The fourth-order valence-electron chi connectivity index (χ4n) is 2.45. The van der Waals surface area contributed by atoms with Crippen LogP contribution in [0.3, 0.4) is 0 Å². The van der Waals surface area contributed by atoms with Gasteiger partial charge in [-0.1, -0.05) is 12.1 Å². The van der Waals surface area contributed by atoms with Crippen molar-refractivity contribution in [2.75, 3.05) is 6.61 Å². The highest BCUT2D eigenvalue weighted by Gasteiger charge is 2.20. The van der Waals surface area contributed by atoms with E-state index in [1.165, 1.54) is 0 Å². The highest BCUT2D eigenvalue weighted by Crippen LogP contribution is 2.26. The Morgan fingerprint density at radius 2 is 2.28 bits per heavy atom. The lowest BCUT2D eigenvalue weighted by Crippen LogP contribution is -2.21. The van der Waals surface area contributed by atoms with Crippen molar-refractivity contribution in [3.8, 4) is 17.0 Å². The molecule has 0 saturated heterocycles. The number of aryl methyl sites for hydroxylation is 1. The zero-order valence-corrected chi connectivity index (χ0v) is 10.1. The standard InChI is InChI=1S/C14H16N2O2/c17-9-10-4-5-16-8-13(15-14(16)6-10)11-2-1-3-12(18)7-11/h1-3,7-8,10,17-18H,4-6,9H2. The van der Waals surface area contributed by atoms with E-state index in [-0.39, 0.29) is 12.4 Å². The van der Waals surface area contributed by atoms with Crippen LogP contribution in [0.2, 0.25) is 0 Å². The Morgan fingerprint density at radius 3 is 3.06 bits per heavy atom. The molecule has 0 bridgehead atoms. The molecule has 1 atom stereocenters. The third-order valence-electron chi connectivity index (χ3n) is 3.51. The zero-order chi connectivity index (χ0) is 12.5. The van der Waals surface area contributed by atoms with Gasteiger partial charge in [-0.05, 0) is 24.5 Å². The van der Waals surface area contributed by atoms with Gasteiger partial charge in [0.15, 0.2) is 0 Å². The molecule has 94 valence electrons. The highest BCUT2D eigenvalue weighted by atomic mass is 16.3. The van der Waals surface area contributed by atoms with E-state index in [0.29, 0.717) is 5.92 Å². The Labute approximate surface area is 106 Å². The summed E-state index contributed by atoms with van der Waals surface area (Å²) in [5, 5.41) is 18.7. The molecule has 0 fully saturated rings. The van der Waals surface area contributed by atoms with E-state index in [1.807, 2.05) is 18.3 Å².